The lowest BCUT2D eigenvalue weighted by atomic mass is 10.1. The average molecular weight is 337 g/mol. The summed E-state index contributed by atoms with van der Waals surface area (Å²) in [4.78, 5) is 11.4. The smallest absolute Gasteiger partial charge is 0.324 e. The molecule has 1 aromatic heterocycles. The van der Waals surface area contributed by atoms with E-state index in [4.69, 9.17) is 0 Å². The van der Waals surface area contributed by atoms with Gasteiger partial charge in [-0.3, -0.25) is 4.79 Å². The van der Waals surface area contributed by atoms with Crippen LogP contribution in [0, 0.1) is 6.92 Å². The van der Waals surface area contributed by atoms with Gasteiger partial charge in [-0.2, -0.15) is 0 Å². The first kappa shape index (κ1) is 17.1. The fraction of sp³-hybridized carbons (Fsp3) is 0.400. The van der Waals surface area contributed by atoms with Crippen molar-refractivity contribution in [1.29, 1.82) is 0 Å². The largest absolute Gasteiger partial charge is 0.480 e. The molecule has 8 heteroatoms. The fourth-order valence-electron chi connectivity index (χ4n) is 2.28. The van der Waals surface area contributed by atoms with Crippen LogP contribution in [0.1, 0.15) is 19.0 Å². The Kier molecular flexibility index (Phi) is 4.56. The molecule has 0 saturated carbocycles. The summed E-state index contributed by atoms with van der Waals surface area (Å²) in [5.74, 6) is -1.36. The summed E-state index contributed by atoms with van der Waals surface area (Å²) in [5.41, 5.74) is 2.35. The second-order valence-electron chi connectivity index (χ2n) is 5.67. The Morgan fingerprint density at radius 1 is 1.30 bits per heavy atom. The molecule has 0 saturated heterocycles. The van der Waals surface area contributed by atoms with E-state index in [-0.39, 0.29) is 13.0 Å². The Morgan fingerprint density at radius 2 is 1.91 bits per heavy atom. The van der Waals surface area contributed by atoms with Crippen molar-refractivity contribution >= 4 is 15.8 Å². The van der Waals surface area contributed by atoms with Gasteiger partial charge in [0.1, 0.15) is 0 Å². The van der Waals surface area contributed by atoms with Crippen molar-refractivity contribution in [3.63, 3.8) is 0 Å². The van der Waals surface area contributed by atoms with Gasteiger partial charge in [-0.05, 0) is 20.3 Å². The van der Waals surface area contributed by atoms with Gasteiger partial charge in [0.15, 0.2) is 14.6 Å². The predicted molar refractivity (Wildman–Crippen MR) is 85.7 cm³/mol. The molecule has 0 unspecified atom stereocenters. The molecule has 124 valence electrons. The maximum atomic E-state index is 11.8. The molecule has 1 heterocycles. The number of sulfone groups is 1. The van der Waals surface area contributed by atoms with E-state index in [2.05, 4.69) is 10.3 Å². The number of carbonyl (C=O) groups is 1. The van der Waals surface area contributed by atoms with Crippen molar-refractivity contribution in [2.24, 2.45) is 0 Å². The minimum absolute atomic E-state index is 0.0935. The van der Waals surface area contributed by atoms with Crippen LogP contribution in [-0.2, 0) is 21.2 Å². The third-order valence-corrected chi connectivity index (χ3v) is 6.04. The Morgan fingerprint density at radius 3 is 2.43 bits per heavy atom. The van der Waals surface area contributed by atoms with Gasteiger partial charge in [-0.25, -0.2) is 13.1 Å². The van der Waals surface area contributed by atoms with Gasteiger partial charge in [-0.15, -0.1) is 5.10 Å². The molecule has 0 radical (unpaired) electrons. The molecule has 0 aliphatic carbocycles. The standard InChI is InChI=1S/C15H19N3O4S/c1-11-13(12-7-5-4-6-8-12)18(17-16-11)10-9-15(2,14(19)20)23(3,21)22/h4-8H,9-10H2,1-3H3,(H,19,20)/t15-/m1/s1. The first-order valence-electron chi connectivity index (χ1n) is 7.05. The van der Waals surface area contributed by atoms with Gasteiger partial charge in [-0.1, -0.05) is 35.5 Å². The Labute approximate surface area is 134 Å². The summed E-state index contributed by atoms with van der Waals surface area (Å²) in [6.07, 6.45) is 0.843. The van der Waals surface area contributed by atoms with Gasteiger partial charge in [0.25, 0.3) is 0 Å². The number of rotatable bonds is 6. The van der Waals surface area contributed by atoms with Gasteiger partial charge < -0.3 is 5.11 Å². The monoisotopic (exact) mass is 337 g/mol. The van der Waals surface area contributed by atoms with E-state index in [9.17, 15) is 18.3 Å². The normalized spacial score (nSPS) is 14.4. The average Bonchev–Trinajstić information content (AvgIpc) is 2.85. The van der Waals surface area contributed by atoms with Crippen LogP contribution >= 0.6 is 0 Å². The number of hydrogen-bond donors (Lipinski definition) is 1. The zero-order valence-corrected chi connectivity index (χ0v) is 14.0. The summed E-state index contributed by atoms with van der Waals surface area (Å²) in [6.45, 7) is 3.16. The molecule has 0 aliphatic rings. The van der Waals surface area contributed by atoms with E-state index in [1.54, 1.807) is 11.6 Å². The zero-order valence-electron chi connectivity index (χ0n) is 13.2. The summed E-state index contributed by atoms with van der Waals surface area (Å²) in [5, 5.41) is 17.3. The van der Waals surface area contributed by atoms with Crippen molar-refractivity contribution < 1.29 is 18.3 Å². The molecule has 0 aliphatic heterocycles. The molecule has 1 atom stereocenters. The molecular weight excluding hydrogens is 318 g/mol. The quantitative estimate of drug-likeness (QED) is 0.857. The van der Waals surface area contributed by atoms with E-state index >= 15 is 0 Å². The van der Waals surface area contributed by atoms with Gasteiger partial charge in [0, 0.05) is 18.4 Å². The first-order valence-corrected chi connectivity index (χ1v) is 8.94. The van der Waals surface area contributed by atoms with Gasteiger partial charge in [0.05, 0.1) is 11.4 Å². The van der Waals surface area contributed by atoms with E-state index in [0.29, 0.717) is 5.69 Å². The molecule has 7 nitrogen and oxygen atoms in total. The summed E-state index contributed by atoms with van der Waals surface area (Å²) >= 11 is 0. The van der Waals surface area contributed by atoms with Gasteiger partial charge >= 0.3 is 5.97 Å². The highest BCUT2D eigenvalue weighted by molar-refractivity contribution is 7.92. The highest BCUT2D eigenvalue weighted by Crippen LogP contribution is 2.25. The van der Waals surface area contributed by atoms with E-state index < -0.39 is 20.6 Å². The second kappa shape index (κ2) is 6.11. The third kappa shape index (κ3) is 3.26. The number of nitrogens with zero attached hydrogens (tertiary/aromatic N) is 3. The van der Waals surface area contributed by atoms with Crippen LogP contribution in [0.2, 0.25) is 0 Å². The van der Waals surface area contributed by atoms with E-state index in [0.717, 1.165) is 17.5 Å². The number of aliphatic carboxylic acids is 1. The van der Waals surface area contributed by atoms with Crippen molar-refractivity contribution in [3.05, 3.63) is 36.0 Å². The summed E-state index contributed by atoms with van der Waals surface area (Å²) in [6, 6.07) is 9.44. The number of benzene rings is 1. The third-order valence-electron chi connectivity index (χ3n) is 4.02. The van der Waals surface area contributed by atoms with Crippen molar-refractivity contribution in [2.75, 3.05) is 6.26 Å². The highest BCUT2D eigenvalue weighted by atomic mass is 32.2. The van der Waals surface area contributed by atoms with Crippen LogP contribution in [0.5, 0.6) is 0 Å². The molecule has 1 aromatic carbocycles. The van der Waals surface area contributed by atoms with Crippen LogP contribution in [0.3, 0.4) is 0 Å². The molecular formula is C15H19N3O4S. The Balaban J connectivity index is 2.34. The molecule has 0 amide bonds. The molecule has 23 heavy (non-hydrogen) atoms. The lowest BCUT2D eigenvalue weighted by Crippen LogP contribution is -2.44. The van der Waals surface area contributed by atoms with Crippen LogP contribution in [0.4, 0.5) is 0 Å². The lowest BCUT2D eigenvalue weighted by Gasteiger charge is -2.22. The molecule has 0 bridgehead atoms. The lowest BCUT2D eigenvalue weighted by molar-refractivity contribution is -0.139. The second-order valence-corrected chi connectivity index (χ2v) is 8.12. The minimum atomic E-state index is -3.77. The number of aromatic nitrogens is 3. The number of hydrogen-bond acceptors (Lipinski definition) is 5. The van der Waals surface area contributed by atoms with Crippen LogP contribution in [0.25, 0.3) is 11.3 Å². The summed E-state index contributed by atoms with van der Waals surface area (Å²) in [7, 11) is -3.77. The van der Waals surface area contributed by atoms with Crippen LogP contribution < -0.4 is 0 Å². The van der Waals surface area contributed by atoms with E-state index in [1.807, 2.05) is 30.3 Å². The maximum absolute atomic E-state index is 11.8. The number of carboxylic acid groups (broad SMARTS) is 1. The molecule has 0 fully saturated rings. The van der Waals surface area contributed by atoms with Crippen molar-refractivity contribution in [3.8, 4) is 11.3 Å². The molecule has 0 spiro atoms. The van der Waals surface area contributed by atoms with Crippen LogP contribution in [0.15, 0.2) is 30.3 Å². The maximum Gasteiger partial charge on any atom is 0.324 e. The summed E-state index contributed by atoms with van der Waals surface area (Å²) < 4.78 is 23.4. The fourth-order valence-corrected chi connectivity index (χ4v) is 3.06. The number of aryl methyl sites for hydroxylation is 2. The topological polar surface area (TPSA) is 102 Å². The number of carboxylic acids is 1. The Bertz CT molecular complexity index is 815. The zero-order chi connectivity index (χ0) is 17.3. The van der Waals surface area contributed by atoms with E-state index in [1.165, 1.54) is 6.92 Å². The van der Waals surface area contributed by atoms with Crippen molar-refractivity contribution in [2.45, 2.75) is 31.6 Å². The SMILES string of the molecule is Cc1nnn(CC[C@](C)(C(=O)O)S(C)(=O)=O)c1-c1ccccc1. The van der Waals surface area contributed by atoms with Crippen molar-refractivity contribution in [1.82, 2.24) is 15.0 Å². The van der Waals surface area contributed by atoms with Gasteiger partial charge in [0.2, 0.25) is 0 Å². The first-order chi connectivity index (χ1) is 10.7. The molecule has 2 aromatic rings. The molecule has 1 N–H and O–H groups in total. The Hall–Kier alpha value is -2.22. The molecule has 2 rings (SSSR count). The van der Waals surface area contributed by atoms with Crippen LogP contribution in [-0.4, -0.2) is 45.5 Å². The predicted octanol–water partition coefficient (Wildman–Crippen LogP) is 1.53. The minimum Gasteiger partial charge on any atom is -0.480 e. The highest BCUT2D eigenvalue weighted by Gasteiger charge is 2.43.